The van der Waals surface area contributed by atoms with Gasteiger partial charge in [-0.3, -0.25) is 0 Å². The minimum atomic E-state index is -4.26. The quantitative estimate of drug-likeness (QED) is 0.761. The van der Waals surface area contributed by atoms with Gasteiger partial charge in [-0.25, -0.2) is 0 Å². The minimum absolute atomic E-state index is 0.196. The molecule has 0 aliphatic heterocycles. The van der Waals surface area contributed by atoms with Crippen molar-refractivity contribution >= 4 is 0 Å². The predicted octanol–water partition coefficient (Wildman–Crippen LogP) is 3.92. The summed E-state index contributed by atoms with van der Waals surface area (Å²) >= 11 is 0. The Kier molecular flexibility index (Phi) is 5.22. The molecule has 1 aromatic carbocycles. The highest BCUT2D eigenvalue weighted by atomic mass is 19.4. The van der Waals surface area contributed by atoms with Crippen molar-refractivity contribution in [1.29, 1.82) is 0 Å². The van der Waals surface area contributed by atoms with Gasteiger partial charge in [0.25, 0.3) is 0 Å². The normalized spacial score (nSPS) is 12.5. The summed E-state index contributed by atoms with van der Waals surface area (Å²) in [4.78, 5) is 0. The zero-order valence-corrected chi connectivity index (χ0v) is 9.50. The van der Waals surface area contributed by atoms with Gasteiger partial charge >= 0.3 is 6.18 Å². The van der Waals surface area contributed by atoms with E-state index in [1.807, 2.05) is 30.3 Å². The van der Waals surface area contributed by atoms with Gasteiger partial charge in [0.1, 0.15) is 0 Å². The van der Waals surface area contributed by atoms with Gasteiger partial charge in [0.2, 0.25) is 0 Å². The molecule has 0 heterocycles. The van der Waals surface area contributed by atoms with E-state index in [1.165, 1.54) is 0 Å². The molecule has 1 radical (unpaired) electrons. The van der Waals surface area contributed by atoms with E-state index in [0.717, 1.165) is 11.6 Å². The van der Waals surface area contributed by atoms with Crippen LogP contribution < -0.4 is 0 Å². The van der Waals surface area contributed by atoms with Crippen molar-refractivity contribution in [3.05, 3.63) is 54.0 Å². The maximum atomic E-state index is 11.9. The average Bonchev–Trinajstić information content (AvgIpc) is 2.27. The minimum Gasteiger partial charge on any atom is -0.376 e. The van der Waals surface area contributed by atoms with E-state index >= 15 is 0 Å². The first-order valence-corrected chi connectivity index (χ1v) is 5.17. The topological polar surface area (TPSA) is 9.23 Å². The molecule has 1 aromatic rings. The highest BCUT2D eigenvalue weighted by Crippen LogP contribution is 2.18. The Bertz CT molecular complexity index is 343. The van der Waals surface area contributed by atoms with E-state index in [2.05, 4.69) is 0 Å². The molecule has 0 atom stereocenters. The highest BCUT2D eigenvalue weighted by Gasteiger charge is 2.22. The maximum Gasteiger partial charge on any atom is 0.409 e. The first-order chi connectivity index (χ1) is 7.97. The van der Waals surface area contributed by atoms with E-state index in [-0.39, 0.29) is 12.7 Å². The van der Waals surface area contributed by atoms with Crippen molar-refractivity contribution in [2.75, 3.05) is 6.61 Å². The van der Waals surface area contributed by atoms with Crippen molar-refractivity contribution < 1.29 is 17.9 Å². The number of hydrogen-bond acceptors (Lipinski definition) is 1. The summed E-state index contributed by atoms with van der Waals surface area (Å²) in [6, 6.07) is 9.48. The smallest absolute Gasteiger partial charge is 0.376 e. The third-order valence-electron chi connectivity index (χ3n) is 2.00. The summed E-state index contributed by atoms with van der Waals surface area (Å²) in [7, 11) is 0. The Morgan fingerprint density at radius 2 is 1.88 bits per heavy atom. The molecule has 93 valence electrons. The van der Waals surface area contributed by atoms with Gasteiger partial charge in [0, 0.05) is 12.0 Å². The van der Waals surface area contributed by atoms with E-state index in [4.69, 9.17) is 4.74 Å². The highest BCUT2D eigenvalue weighted by molar-refractivity contribution is 5.14. The number of rotatable bonds is 5. The second-order valence-electron chi connectivity index (χ2n) is 3.70. The Morgan fingerprint density at radius 1 is 1.24 bits per heavy atom. The molecule has 17 heavy (non-hydrogen) atoms. The first kappa shape index (κ1) is 13.8. The van der Waals surface area contributed by atoms with Crippen molar-refractivity contribution in [3.63, 3.8) is 0 Å². The zero-order chi connectivity index (χ0) is 12.7. The van der Waals surface area contributed by atoms with Crippen LogP contribution in [0.2, 0.25) is 0 Å². The Morgan fingerprint density at radius 3 is 2.47 bits per heavy atom. The van der Waals surface area contributed by atoms with Crippen molar-refractivity contribution in [1.82, 2.24) is 0 Å². The molecular weight excluding hydrogens is 229 g/mol. The molecule has 0 saturated heterocycles. The van der Waals surface area contributed by atoms with Gasteiger partial charge in [0.05, 0.1) is 13.2 Å². The van der Waals surface area contributed by atoms with Crippen LogP contribution in [0.25, 0.3) is 0 Å². The summed E-state index contributed by atoms with van der Waals surface area (Å²) < 4.78 is 40.9. The molecule has 0 saturated carbocycles. The molecule has 1 nitrogen and oxygen atoms in total. The second-order valence-corrected chi connectivity index (χ2v) is 3.70. The number of halogens is 3. The molecule has 0 spiro atoms. The van der Waals surface area contributed by atoms with Crippen LogP contribution in [-0.4, -0.2) is 12.8 Å². The summed E-state index contributed by atoms with van der Waals surface area (Å²) in [6.07, 6.45) is -3.01. The number of hydrogen-bond donors (Lipinski definition) is 0. The molecule has 0 aliphatic carbocycles. The fourth-order valence-electron chi connectivity index (χ4n) is 1.19. The molecule has 0 amide bonds. The van der Waals surface area contributed by atoms with E-state index in [1.54, 1.807) is 6.92 Å². The van der Waals surface area contributed by atoms with Crippen LogP contribution in [0.1, 0.15) is 12.5 Å². The van der Waals surface area contributed by atoms with Gasteiger partial charge in [0.15, 0.2) is 0 Å². The first-order valence-electron chi connectivity index (χ1n) is 5.17. The number of allylic oxidation sites excluding steroid dienone is 1. The monoisotopic (exact) mass is 243 g/mol. The summed E-state index contributed by atoms with van der Waals surface area (Å²) in [5.74, 6) is 0.540. The molecule has 0 aromatic heterocycles. The van der Waals surface area contributed by atoms with Crippen LogP contribution in [0.5, 0.6) is 0 Å². The Balaban J connectivity index is 2.25. The predicted molar refractivity (Wildman–Crippen MR) is 60.2 cm³/mol. The molecule has 0 N–H and O–H groups in total. The lowest BCUT2D eigenvalue weighted by molar-refractivity contribution is -0.0800. The van der Waals surface area contributed by atoms with Gasteiger partial charge in [-0.05, 0) is 5.56 Å². The molecule has 0 fully saturated rings. The van der Waals surface area contributed by atoms with Crippen LogP contribution in [0.15, 0.2) is 42.5 Å². The van der Waals surface area contributed by atoms with Crippen LogP contribution in [-0.2, 0) is 11.3 Å². The van der Waals surface area contributed by atoms with E-state index < -0.39 is 6.18 Å². The standard InChI is InChI=1S/C13H14F3O/c1-11(7-8-13(14,15)16)9-17-10-12-5-3-2-4-6-12/h2-8H,9-10H2,1H3/b8-7+. The van der Waals surface area contributed by atoms with Crippen LogP contribution in [0.3, 0.4) is 0 Å². The number of benzene rings is 1. The van der Waals surface area contributed by atoms with Gasteiger partial charge < -0.3 is 4.74 Å². The van der Waals surface area contributed by atoms with E-state index in [0.29, 0.717) is 12.5 Å². The number of ether oxygens (including phenoxy) is 1. The summed E-state index contributed by atoms with van der Waals surface area (Å²) in [5, 5.41) is 0. The lowest BCUT2D eigenvalue weighted by Gasteiger charge is -2.08. The van der Waals surface area contributed by atoms with Gasteiger partial charge in [-0.2, -0.15) is 13.2 Å². The third kappa shape index (κ3) is 6.79. The average molecular weight is 243 g/mol. The van der Waals surface area contributed by atoms with Crippen molar-refractivity contribution in [2.24, 2.45) is 0 Å². The molecule has 0 aliphatic rings. The van der Waals surface area contributed by atoms with Gasteiger partial charge in [-0.15, -0.1) is 0 Å². The lowest BCUT2D eigenvalue weighted by Crippen LogP contribution is -2.05. The third-order valence-corrected chi connectivity index (χ3v) is 2.00. The second kappa shape index (κ2) is 6.45. The van der Waals surface area contributed by atoms with E-state index in [9.17, 15) is 13.2 Å². The van der Waals surface area contributed by atoms with Crippen molar-refractivity contribution in [3.8, 4) is 0 Å². The van der Waals surface area contributed by atoms with Crippen molar-refractivity contribution in [2.45, 2.75) is 19.7 Å². The maximum absolute atomic E-state index is 11.9. The lowest BCUT2D eigenvalue weighted by atomic mass is 10.2. The number of alkyl halides is 3. The zero-order valence-electron chi connectivity index (χ0n) is 9.50. The fourth-order valence-corrected chi connectivity index (χ4v) is 1.19. The van der Waals surface area contributed by atoms with Crippen LogP contribution in [0.4, 0.5) is 13.2 Å². The fraction of sp³-hybridized carbons (Fsp3) is 0.308. The van der Waals surface area contributed by atoms with Crippen LogP contribution in [0, 0.1) is 5.92 Å². The Hall–Kier alpha value is -1.29. The SMILES string of the molecule is C[C](/C=C/C(F)(F)F)COCc1ccccc1. The largest absolute Gasteiger partial charge is 0.409 e. The summed E-state index contributed by atoms with van der Waals surface area (Å²) in [6.45, 7) is 2.20. The molecule has 0 unspecified atom stereocenters. The Labute approximate surface area is 98.9 Å². The summed E-state index contributed by atoms with van der Waals surface area (Å²) in [5.41, 5.74) is 1.00. The molecule has 1 rings (SSSR count). The molecule has 0 bridgehead atoms. The van der Waals surface area contributed by atoms with Gasteiger partial charge in [-0.1, -0.05) is 43.3 Å². The molecular formula is C13H14F3O. The van der Waals surface area contributed by atoms with Crippen LogP contribution >= 0.6 is 0 Å². The molecule has 4 heteroatoms.